The van der Waals surface area contributed by atoms with E-state index in [2.05, 4.69) is 0 Å². The lowest BCUT2D eigenvalue weighted by Crippen LogP contribution is -2.09. The Hall–Kier alpha value is -3.18. The highest BCUT2D eigenvalue weighted by Gasteiger charge is 2.15. The second-order valence-electron chi connectivity index (χ2n) is 5.48. The fourth-order valence-corrected chi connectivity index (χ4v) is 3.22. The lowest BCUT2D eigenvalue weighted by molar-refractivity contribution is 0.104. The molecule has 0 spiro atoms. The van der Waals surface area contributed by atoms with Crippen molar-refractivity contribution in [2.75, 3.05) is 0 Å². The van der Waals surface area contributed by atoms with Crippen molar-refractivity contribution in [1.82, 2.24) is 0 Å². The van der Waals surface area contributed by atoms with E-state index in [4.69, 9.17) is 4.18 Å². The highest BCUT2D eigenvalue weighted by Crippen LogP contribution is 2.19. The molecule has 0 fully saturated rings. The van der Waals surface area contributed by atoms with Crippen LogP contribution in [0.2, 0.25) is 0 Å². The summed E-state index contributed by atoms with van der Waals surface area (Å²) in [4.78, 5) is 12.1. The lowest BCUT2D eigenvalue weighted by atomic mass is 10.1. The molecular weight excluding hydrogens is 348 g/mol. The Morgan fingerprint density at radius 2 is 1.35 bits per heavy atom. The first-order valence-electron chi connectivity index (χ1n) is 7.92. The first kappa shape index (κ1) is 17.6. The van der Waals surface area contributed by atoms with Crippen molar-refractivity contribution >= 4 is 22.0 Å². The number of hydrogen-bond acceptors (Lipinski definition) is 4. The summed E-state index contributed by atoms with van der Waals surface area (Å²) in [6, 6.07) is 23.4. The van der Waals surface area contributed by atoms with Gasteiger partial charge in [-0.25, -0.2) is 0 Å². The molecule has 26 heavy (non-hydrogen) atoms. The van der Waals surface area contributed by atoms with Crippen molar-refractivity contribution in [3.63, 3.8) is 0 Å². The van der Waals surface area contributed by atoms with Crippen molar-refractivity contribution in [1.29, 1.82) is 0 Å². The molecule has 0 saturated carbocycles. The quantitative estimate of drug-likeness (QED) is 0.371. The van der Waals surface area contributed by atoms with Crippen molar-refractivity contribution in [3.8, 4) is 5.75 Å². The van der Waals surface area contributed by atoms with Crippen LogP contribution >= 0.6 is 0 Å². The highest BCUT2D eigenvalue weighted by atomic mass is 32.2. The smallest absolute Gasteiger partial charge is 0.339 e. The van der Waals surface area contributed by atoms with E-state index >= 15 is 0 Å². The summed E-state index contributed by atoms with van der Waals surface area (Å²) in [6.45, 7) is 0. The van der Waals surface area contributed by atoms with Gasteiger partial charge >= 0.3 is 10.1 Å². The van der Waals surface area contributed by atoms with E-state index < -0.39 is 10.1 Å². The Bertz CT molecular complexity index is 1010. The maximum absolute atomic E-state index is 12.2. The zero-order valence-corrected chi connectivity index (χ0v) is 14.6. The SMILES string of the molecule is O=C(/C=C/c1ccc(OS(=O)(=O)c2ccccc2)cc1)c1ccccc1. The molecule has 0 atom stereocenters. The fraction of sp³-hybridized carbons (Fsp3) is 0. The summed E-state index contributed by atoms with van der Waals surface area (Å²) in [6.07, 6.45) is 3.15. The second kappa shape index (κ2) is 7.80. The Morgan fingerprint density at radius 1 is 0.769 bits per heavy atom. The van der Waals surface area contributed by atoms with Gasteiger partial charge in [-0.2, -0.15) is 8.42 Å². The van der Waals surface area contributed by atoms with E-state index in [0.717, 1.165) is 5.56 Å². The average Bonchev–Trinajstić information content (AvgIpc) is 2.68. The molecular formula is C21H16O4S. The molecule has 4 nitrogen and oxygen atoms in total. The standard InChI is InChI=1S/C21H16O4S/c22-21(18-7-3-1-4-8-18)16-13-17-11-14-19(15-12-17)25-26(23,24)20-9-5-2-6-10-20/h1-16H/b16-13+. The minimum Gasteiger partial charge on any atom is -0.379 e. The first-order chi connectivity index (χ1) is 12.5. The van der Waals surface area contributed by atoms with Crippen LogP contribution in [-0.2, 0) is 10.1 Å². The summed E-state index contributed by atoms with van der Waals surface area (Å²) in [5, 5.41) is 0. The number of rotatable bonds is 6. The van der Waals surface area contributed by atoms with Gasteiger partial charge in [0.2, 0.25) is 0 Å². The largest absolute Gasteiger partial charge is 0.379 e. The molecule has 0 aliphatic carbocycles. The zero-order valence-electron chi connectivity index (χ0n) is 13.8. The molecule has 0 bridgehead atoms. The van der Waals surface area contributed by atoms with Gasteiger partial charge in [0.15, 0.2) is 5.78 Å². The molecule has 0 aromatic heterocycles. The number of carbonyl (C=O) groups is 1. The van der Waals surface area contributed by atoms with Crippen LogP contribution in [0.5, 0.6) is 5.75 Å². The Balaban J connectivity index is 1.69. The third-order valence-electron chi connectivity index (χ3n) is 3.60. The highest BCUT2D eigenvalue weighted by molar-refractivity contribution is 7.87. The number of allylic oxidation sites excluding steroid dienone is 1. The monoisotopic (exact) mass is 364 g/mol. The second-order valence-corrected chi connectivity index (χ2v) is 7.03. The van der Waals surface area contributed by atoms with Gasteiger partial charge in [-0.1, -0.05) is 66.7 Å². The predicted molar refractivity (Wildman–Crippen MR) is 101 cm³/mol. The van der Waals surface area contributed by atoms with Gasteiger partial charge in [0.05, 0.1) is 0 Å². The van der Waals surface area contributed by atoms with E-state index in [1.165, 1.54) is 18.2 Å². The van der Waals surface area contributed by atoms with Crippen LogP contribution in [0.15, 0.2) is 95.9 Å². The molecule has 3 rings (SSSR count). The molecule has 0 amide bonds. The minimum atomic E-state index is -3.86. The van der Waals surface area contributed by atoms with Crippen molar-refractivity contribution in [2.45, 2.75) is 4.90 Å². The molecule has 0 N–H and O–H groups in total. The summed E-state index contributed by atoms with van der Waals surface area (Å²) < 4.78 is 29.5. The van der Waals surface area contributed by atoms with Crippen LogP contribution in [0.1, 0.15) is 15.9 Å². The van der Waals surface area contributed by atoms with Crippen LogP contribution in [0.25, 0.3) is 6.08 Å². The summed E-state index contributed by atoms with van der Waals surface area (Å²) in [5.74, 6) is 0.109. The molecule has 0 radical (unpaired) electrons. The molecule has 3 aromatic rings. The summed E-state index contributed by atoms with van der Waals surface area (Å²) >= 11 is 0. The first-order valence-corrected chi connectivity index (χ1v) is 9.32. The normalized spacial score (nSPS) is 11.4. The van der Waals surface area contributed by atoms with Gasteiger partial charge in [-0.05, 0) is 35.9 Å². The van der Waals surface area contributed by atoms with E-state index in [-0.39, 0.29) is 16.4 Å². The molecule has 3 aromatic carbocycles. The maximum Gasteiger partial charge on any atom is 0.339 e. The van der Waals surface area contributed by atoms with Gasteiger partial charge in [0, 0.05) is 5.56 Å². The molecule has 0 aliphatic rings. The van der Waals surface area contributed by atoms with Gasteiger partial charge in [-0.3, -0.25) is 4.79 Å². The van der Waals surface area contributed by atoms with Crippen LogP contribution in [-0.4, -0.2) is 14.2 Å². The molecule has 0 unspecified atom stereocenters. The van der Waals surface area contributed by atoms with E-state index in [9.17, 15) is 13.2 Å². The van der Waals surface area contributed by atoms with Crippen molar-refractivity contribution < 1.29 is 17.4 Å². The van der Waals surface area contributed by atoms with Crippen LogP contribution in [0.3, 0.4) is 0 Å². The number of ketones is 1. The fourth-order valence-electron chi connectivity index (χ4n) is 2.27. The third kappa shape index (κ3) is 4.46. The van der Waals surface area contributed by atoms with Gasteiger partial charge in [0.25, 0.3) is 0 Å². The van der Waals surface area contributed by atoms with E-state index in [1.54, 1.807) is 72.8 Å². The van der Waals surface area contributed by atoms with Crippen molar-refractivity contribution in [2.24, 2.45) is 0 Å². The van der Waals surface area contributed by atoms with E-state index in [1.807, 2.05) is 6.07 Å². The van der Waals surface area contributed by atoms with Gasteiger partial charge in [0.1, 0.15) is 10.6 Å². The van der Waals surface area contributed by atoms with Crippen LogP contribution in [0, 0.1) is 0 Å². The topological polar surface area (TPSA) is 60.4 Å². The minimum absolute atomic E-state index is 0.0948. The van der Waals surface area contributed by atoms with Crippen LogP contribution in [0.4, 0.5) is 0 Å². The molecule has 0 saturated heterocycles. The van der Waals surface area contributed by atoms with Gasteiger partial charge in [-0.15, -0.1) is 0 Å². The lowest BCUT2D eigenvalue weighted by Gasteiger charge is -2.07. The number of carbonyl (C=O) groups excluding carboxylic acids is 1. The third-order valence-corrected chi connectivity index (χ3v) is 4.86. The number of hydrogen-bond donors (Lipinski definition) is 0. The Labute approximate surface area is 152 Å². The average molecular weight is 364 g/mol. The van der Waals surface area contributed by atoms with Gasteiger partial charge < -0.3 is 4.18 Å². The maximum atomic E-state index is 12.2. The van der Waals surface area contributed by atoms with Crippen LogP contribution < -0.4 is 4.18 Å². The van der Waals surface area contributed by atoms with E-state index in [0.29, 0.717) is 5.56 Å². The summed E-state index contributed by atoms with van der Waals surface area (Å²) in [5.41, 5.74) is 1.37. The predicted octanol–water partition coefficient (Wildman–Crippen LogP) is 4.35. The molecule has 0 heterocycles. The Kier molecular flexibility index (Phi) is 5.29. The summed E-state index contributed by atoms with van der Waals surface area (Å²) in [7, 11) is -3.86. The van der Waals surface area contributed by atoms with Crippen molar-refractivity contribution in [3.05, 3.63) is 102 Å². The number of benzene rings is 3. The molecule has 130 valence electrons. The Morgan fingerprint density at radius 3 is 1.96 bits per heavy atom. The molecule has 0 aliphatic heterocycles. The molecule has 5 heteroatoms. The zero-order chi connectivity index (χ0) is 18.4.